The third kappa shape index (κ3) is 5.31. The molecule has 3 aromatic carbocycles. The summed E-state index contributed by atoms with van der Waals surface area (Å²) < 4.78 is 8.08. The largest absolute Gasteiger partial charge is 0.352 e. The summed E-state index contributed by atoms with van der Waals surface area (Å²) in [4.78, 5) is 30.1. The molecule has 4 aromatic rings. The van der Waals surface area contributed by atoms with Crippen LogP contribution in [0.15, 0.2) is 119 Å². The minimum Gasteiger partial charge on any atom is -0.352 e. The normalized spacial score (nSPS) is 18.1. The van der Waals surface area contributed by atoms with Crippen molar-refractivity contribution in [3.63, 3.8) is 0 Å². The van der Waals surface area contributed by atoms with Crippen molar-refractivity contribution < 1.29 is 4.74 Å². The highest BCUT2D eigenvalue weighted by Crippen LogP contribution is 2.44. The van der Waals surface area contributed by atoms with Crippen molar-refractivity contribution in [2.75, 3.05) is 13.1 Å². The number of nitrogens with one attached hydrogen (secondary N) is 1. The first kappa shape index (κ1) is 26.6. The van der Waals surface area contributed by atoms with E-state index in [0.717, 1.165) is 23.1 Å². The van der Waals surface area contributed by atoms with Crippen LogP contribution in [0.25, 0.3) is 0 Å². The number of nitrogens with zero attached hydrogens (tertiary/aromatic N) is 2. The van der Waals surface area contributed by atoms with Crippen LogP contribution in [0.4, 0.5) is 0 Å². The number of aryl methyl sites for hydroxylation is 1. The van der Waals surface area contributed by atoms with Gasteiger partial charge in [-0.15, -0.1) is 6.58 Å². The average Bonchev–Trinajstić information content (AvgIpc) is 2.97. The molecule has 39 heavy (non-hydrogen) atoms. The van der Waals surface area contributed by atoms with E-state index in [9.17, 15) is 9.59 Å². The number of rotatable bonds is 9. The summed E-state index contributed by atoms with van der Waals surface area (Å²) in [6.07, 6.45) is 6.32. The van der Waals surface area contributed by atoms with E-state index in [2.05, 4.69) is 95.7 Å². The molecule has 1 aliphatic heterocycles. The van der Waals surface area contributed by atoms with Crippen molar-refractivity contribution in [2.24, 2.45) is 0 Å². The van der Waals surface area contributed by atoms with Gasteiger partial charge in [-0.25, -0.2) is 4.79 Å². The quantitative estimate of drug-likeness (QED) is 0.187. The highest BCUT2D eigenvalue weighted by Gasteiger charge is 2.46. The number of allylic oxidation sites excluding steroid dienone is 1. The Morgan fingerprint density at radius 1 is 0.897 bits per heavy atom. The lowest BCUT2D eigenvalue weighted by Crippen LogP contribution is -2.57. The predicted octanol–water partition coefficient (Wildman–Crippen LogP) is 5.21. The van der Waals surface area contributed by atoms with Gasteiger partial charge in [-0.05, 0) is 42.9 Å². The van der Waals surface area contributed by atoms with Crippen LogP contribution < -0.4 is 11.2 Å². The third-order valence-corrected chi connectivity index (χ3v) is 7.42. The van der Waals surface area contributed by atoms with Crippen molar-refractivity contribution >= 4 is 0 Å². The standard InChI is InChI=1S/C33H34N3O3/c1-3-4-8-21-29-23-35(24-30(39-29)36-22-25(2)31(37)34-32(36)38)33(26-15-9-5-10-16-26,27-17-11-6-12-18-27)28-19-13-7-14-20-28/h3,5-20,22,29-30H,1,4,21,23-24H2,2H3,(H,34,37,38). The number of aromatic amines is 1. The number of ether oxygens (including phenoxy) is 1. The van der Waals surface area contributed by atoms with Gasteiger partial charge in [-0.1, -0.05) is 97.1 Å². The minimum atomic E-state index is -0.649. The SMILES string of the molecule is C=CC[CH]CC1CN(C(c2ccccc2)(c2ccccc2)c2ccccc2)CC(n2cc(C)c(=O)[nH]c2=O)O1. The molecule has 1 fully saturated rings. The molecule has 0 bridgehead atoms. The topological polar surface area (TPSA) is 67.3 Å². The zero-order chi connectivity index (χ0) is 27.2. The summed E-state index contributed by atoms with van der Waals surface area (Å²) >= 11 is 0. The maximum Gasteiger partial charge on any atom is 0.330 e. The Bertz CT molecular complexity index is 1400. The van der Waals surface area contributed by atoms with Crippen LogP contribution in [0.3, 0.4) is 0 Å². The molecule has 1 aliphatic rings. The first-order valence-electron chi connectivity index (χ1n) is 13.4. The Labute approximate surface area is 229 Å². The van der Waals surface area contributed by atoms with Gasteiger partial charge in [-0.2, -0.15) is 0 Å². The molecule has 2 unspecified atom stereocenters. The maximum atomic E-state index is 13.0. The van der Waals surface area contributed by atoms with Gasteiger partial charge >= 0.3 is 5.69 Å². The van der Waals surface area contributed by atoms with Crippen LogP contribution in [0, 0.1) is 13.3 Å². The minimum absolute atomic E-state index is 0.182. The van der Waals surface area contributed by atoms with Gasteiger partial charge < -0.3 is 4.74 Å². The summed E-state index contributed by atoms with van der Waals surface area (Å²) in [7, 11) is 0. The second-order valence-corrected chi connectivity index (χ2v) is 9.95. The van der Waals surface area contributed by atoms with Crippen molar-refractivity contribution in [1.29, 1.82) is 0 Å². The molecule has 0 amide bonds. The van der Waals surface area contributed by atoms with E-state index >= 15 is 0 Å². The van der Waals surface area contributed by atoms with Gasteiger partial charge in [0.15, 0.2) is 6.23 Å². The Balaban J connectivity index is 1.71. The number of aromatic nitrogens is 2. The van der Waals surface area contributed by atoms with E-state index in [1.807, 2.05) is 24.3 Å². The zero-order valence-corrected chi connectivity index (χ0v) is 22.2. The molecule has 0 spiro atoms. The zero-order valence-electron chi connectivity index (χ0n) is 22.2. The molecule has 6 nitrogen and oxygen atoms in total. The van der Waals surface area contributed by atoms with Gasteiger partial charge in [0.2, 0.25) is 0 Å². The fourth-order valence-electron chi connectivity index (χ4n) is 5.66. The highest BCUT2D eigenvalue weighted by molar-refractivity contribution is 5.49. The number of unbranched alkanes of at least 4 members (excludes halogenated alkanes) is 1. The van der Waals surface area contributed by atoms with Crippen LogP contribution in [0.2, 0.25) is 0 Å². The lowest BCUT2D eigenvalue weighted by Gasteiger charge is -2.50. The average molecular weight is 521 g/mol. The van der Waals surface area contributed by atoms with Gasteiger partial charge in [0, 0.05) is 24.8 Å². The van der Waals surface area contributed by atoms with Gasteiger partial charge in [0.1, 0.15) is 0 Å². The van der Waals surface area contributed by atoms with Gasteiger partial charge in [0.05, 0.1) is 11.6 Å². The summed E-state index contributed by atoms with van der Waals surface area (Å²) in [5.74, 6) is 0. The highest BCUT2D eigenvalue weighted by atomic mass is 16.5. The number of benzene rings is 3. The monoisotopic (exact) mass is 520 g/mol. The number of hydrogen-bond donors (Lipinski definition) is 1. The van der Waals surface area contributed by atoms with Crippen LogP contribution in [-0.4, -0.2) is 33.6 Å². The first-order valence-corrected chi connectivity index (χ1v) is 13.4. The predicted molar refractivity (Wildman–Crippen MR) is 154 cm³/mol. The Hall–Kier alpha value is -4.00. The molecular formula is C33H34N3O3. The Kier molecular flexibility index (Phi) is 8.05. The lowest BCUT2D eigenvalue weighted by atomic mass is 9.75. The Morgan fingerprint density at radius 2 is 1.44 bits per heavy atom. The summed E-state index contributed by atoms with van der Waals surface area (Å²) in [6, 6.07) is 31.5. The molecule has 1 saturated heterocycles. The summed E-state index contributed by atoms with van der Waals surface area (Å²) in [5.41, 5.74) is 2.34. The molecule has 1 aromatic heterocycles. The molecule has 5 rings (SSSR count). The molecule has 199 valence electrons. The van der Waals surface area contributed by atoms with Crippen molar-refractivity contribution in [1.82, 2.24) is 14.5 Å². The maximum absolute atomic E-state index is 13.0. The van der Waals surface area contributed by atoms with Crippen molar-refractivity contribution in [3.05, 3.63) is 159 Å². The van der Waals surface area contributed by atoms with Crippen molar-refractivity contribution in [3.8, 4) is 0 Å². The van der Waals surface area contributed by atoms with E-state index in [4.69, 9.17) is 4.74 Å². The summed E-state index contributed by atoms with van der Waals surface area (Å²) in [5, 5.41) is 0. The first-order chi connectivity index (χ1) is 19.0. The fraction of sp³-hybridized carbons (Fsp3) is 0.242. The molecular weight excluding hydrogens is 486 g/mol. The molecule has 1 N–H and O–H groups in total. The van der Waals surface area contributed by atoms with Crippen LogP contribution in [-0.2, 0) is 10.3 Å². The van der Waals surface area contributed by atoms with E-state index in [1.165, 1.54) is 4.57 Å². The smallest absolute Gasteiger partial charge is 0.330 e. The number of morpholine rings is 1. The van der Waals surface area contributed by atoms with E-state index in [0.29, 0.717) is 25.1 Å². The molecule has 6 heteroatoms. The Morgan fingerprint density at radius 3 is 1.95 bits per heavy atom. The van der Waals surface area contributed by atoms with Crippen LogP contribution in [0.1, 0.15) is 41.3 Å². The fourth-order valence-corrected chi connectivity index (χ4v) is 5.66. The van der Waals surface area contributed by atoms with Gasteiger partial charge in [0.25, 0.3) is 5.56 Å². The third-order valence-electron chi connectivity index (χ3n) is 7.42. The second kappa shape index (κ2) is 11.8. The molecule has 2 heterocycles. The van der Waals surface area contributed by atoms with Crippen molar-refractivity contribution in [2.45, 2.75) is 37.6 Å². The molecule has 2 atom stereocenters. The molecule has 0 saturated carbocycles. The number of H-pyrrole nitrogens is 1. The van der Waals surface area contributed by atoms with Crippen LogP contribution >= 0.6 is 0 Å². The van der Waals surface area contributed by atoms with Crippen LogP contribution in [0.5, 0.6) is 0 Å². The van der Waals surface area contributed by atoms with Gasteiger partial charge in [-0.3, -0.25) is 19.2 Å². The molecule has 1 radical (unpaired) electrons. The lowest BCUT2D eigenvalue weighted by molar-refractivity contribution is -0.138. The van der Waals surface area contributed by atoms with E-state index in [-0.39, 0.29) is 11.7 Å². The van der Waals surface area contributed by atoms with E-state index < -0.39 is 17.5 Å². The number of hydrogen-bond acceptors (Lipinski definition) is 4. The molecule has 0 aliphatic carbocycles. The second-order valence-electron chi connectivity index (χ2n) is 9.95. The van der Waals surface area contributed by atoms with E-state index in [1.54, 1.807) is 13.1 Å². The summed E-state index contributed by atoms with van der Waals surface area (Å²) in [6.45, 7) is 6.62.